The van der Waals surface area contributed by atoms with Crippen LogP contribution in [0.5, 0.6) is 0 Å². The Balaban J connectivity index is 2.16. The van der Waals surface area contributed by atoms with Gasteiger partial charge in [0.2, 0.25) is 0 Å². The summed E-state index contributed by atoms with van der Waals surface area (Å²) in [5.74, 6) is -1.01. The summed E-state index contributed by atoms with van der Waals surface area (Å²) in [6.45, 7) is 0.332. The maximum Gasteiger partial charge on any atom is 0.328 e. The van der Waals surface area contributed by atoms with E-state index in [1.165, 1.54) is 22.9 Å². The van der Waals surface area contributed by atoms with Gasteiger partial charge in [0.25, 0.3) is 5.56 Å². The quantitative estimate of drug-likeness (QED) is 0.801. The predicted octanol–water partition coefficient (Wildman–Crippen LogP) is 0.683. The number of rotatable bonds is 4. The second-order valence-corrected chi connectivity index (χ2v) is 4.15. The van der Waals surface area contributed by atoms with E-state index in [2.05, 4.69) is 4.98 Å². The minimum Gasteiger partial charge on any atom is -0.478 e. The van der Waals surface area contributed by atoms with Gasteiger partial charge in [-0.15, -0.1) is 0 Å². The topological polar surface area (TPSA) is 92.2 Å². The second kappa shape index (κ2) is 5.83. The van der Waals surface area contributed by atoms with Gasteiger partial charge < -0.3 is 5.11 Å². The molecule has 0 bridgehead atoms. The number of benzene rings is 1. The Bertz CT molecular complexity index is 754. The first-order valence-electron chi connectivity index (χ1n) is 5.84. The van der Waals surface area contributed by atoms with E-state index in [9.17, 15) is 14.4 Å². The summed E-state index contributed by atoms with van der Waals surface area (Å²) in [6.07, 6.45) is 3.97. The van der Waals surface area contributed by atoms with Crippen molar-refractivity contribution < 1.29 is 9.90 Å². The Morgan fingerprint density at radius 2 is 1.90 bits per heavy atom. The van der Waals surface area contributed by atoms with Crippen LogP contribution >= 0.6 is 0 Å². The lowest BCUT2D eigenvalue weighted by Crippen LogP contribution is -2.28. The molecule has 0 spiro atoms. The molecule has 1 heterocycles. The molecule has 0 unspecified atom stereocenters. The fraction of sp³-hybridized carbons (Fsp3) is 0.0714. The summed E-state index contributed by atoms with van der Waals surface area (Å²) in [4.78, 5) is 35.0. The highest BCUT2D eigenvalue weighted by Crippen LogP contribution is 2.07. The molecule has 0 radical (unpaired) electrons. The number of carbonyl (C=O) groups is 1. The highest BCUT2D eigenvalue weighted by molar-refractivity contribution is 5.85. The van der Waals surface area contributed by atoms with Gasteiger partial charge in [-0.3, -0.25) is 14.3 Å². The maximum absolute atomic E-state index is 11.5. The lowest BCUT2D eigenvalue weighted by molar-refractivity contribution is -0.131. The third-order valence-electron chi connectivity index (χ3n) is 2.65. The third kappa shape index (κ3) is 3.55. The van der Waals surface area contributed by atoms with E-state index < -0.39 is 17.2 Å². The van der Waals surface area contributed by atoms with E-state index >= 15 is 0 Å². The van der Waals surface area contributed by atoms with Gasteiger partial charge >= 0.3 is 11.7 Å². The molecule has 1 aromatic carbocycles. The van der Waals surface area contributed by atoms with E-state index in [0.717, 1.165) is 17.2 Å². The molecule has 20 heavy (non-hydrogen) atoms. The van der Waals surface area contributed by atoms with Crippen molar-refractivity contribution in [3.63, 3.8) is 0 Å². The average molecular weight is 272 g/mol. The van der Waals surface area contributed by atoms with Gasteiger partial charge in [0.1, 0.15) is 0 Å². The summed E-state index contributed by atoms with van der Waals surface area (Å²) in [7, 11) is 0. The predicted molar refractivity (Wildman–Crippen MR) is 73.5 cm³/mol. The standard InChI is InChI=1S/C14H12N2O4/c17-12-7-8-16(14(20)15-12)9-11-3-1-10(2-4-11)5-6-13(18)19/h1-8H,9H2,(H,18,19)(H,15,17,20)/b6-5+. The van der Waals surface area contributed by atoms with Crippen LogP contribution in [-0.2, 0) is 11.3 Å². The number of nitrogens with one attached hydrogen (secondary N) is 1. The molecule has 1 aromatic heterocycles. The molecule has 0 aliphatic heterocycles. The number of carboxylic acids is 1. The van der Waals surface area contributed by atoms with E-state index in [4.69, 9.17) is 5.11 Å². The molecule has 0 atom stereocenters. The summed E-state index contributed by atoms with van der Waals surface area (Å²) in [5, 5.41) is 8.52. The monoisotopic (exact) mass is 272 g/mol. The molecule has 6 heteroatoms. The van der Waals surface area contributed by atoms with Crippen LogP contribution in [0.3, 0.4) is 0 Å². The Kier molecular flexibility index (Phi) is 3.95. The van der Waals surface area contributed by atoms with Crippen molar-refractivity contribution in [2.24, 2.45) is 0 Å². The first kappa shape index (κ1) is 13.5. The van der Waals surface area contributed by atoms with Gasteiger partial charge in [-0.25, -0.2) is 9.59 Å². The van der Waals surface area contributed by atoms with Crippen LogP contribution in [0.1, 0.15) is 11.1 Å². The molecule has 0 aliphatic rings. The number of aliphatic carboxylic acids is 1. The van der Waals surface area contributed by atoms with Gasteiger partial charge in [-0.2, -0.15) is 0 Å². The largest absolute Gasteiger partial charge is 0.478 e. The average Bonchev–Trinajstić information content (AvgIpc) is 2.41. The molecule has 0 aliphatic carbocycles. The van der Waals surface area contributed by atoms with Crippen LogP contribution in [0.4, 0.5) is 0 Å². The van der Waals surface area contributed by atoms with Crippen molar-refractivity contribution >= 4 is 12.0 Å². The maximum atomic E-state index is 11.5. The van der Waals surface area contributed by atoms with Crippen LogP contribution in [0.2, 0.25) is 0 Å². The normalized spacial score (nSPS) is 10.8. The summed E-state index contributed by atoms with van der Waals surface area (Å²) in [5.41, 5.74) is 0.726. The zero-order chi connectivity index (χ0) is 14.5. The SMILES string of the molecule is O=C(O)/C=C/c1ccc(Cn2ccc(=O)[nH]c2=O)cc1. The Morgan fingerprint density at radius 1 is 1.20 bits per heavy atom. The van der Waals surface area contributed by atoms with Crippen molar-refractivity contribution in [2.45, 2.75) is 6.54 Å². The highest BCUT2D eigenvalue weighted by atomic mass is 16.4. The third-order valence-corrected chi connectivity index (χ3v) is 2.65. The number of aromatic amines is 1. The molecule has 0 saturated carbocycles. The van der Waals surface area contributed by atoms with E-state index in [-0.39, 0.29) is 0 Å². The Morgan fingerprint density at radius 3 is 2.50 bits per heavy atom. The van der Waals surface area contributed by atoms with Gasteiger partial charge in [0.15, 0.2) is 0 Å². The molecule has 0 amide bonds. The first-order chi connectivity index (χ1) is 9.54. The molecular weight excluding hydrogens is 260 g/mol. The smallest absolute Gasteiger partial charge is 0.328 e. The molecule has 2 aromatic rings. The number of aromatic nitrogens is 2. The zero-order valence-electron chi connectivity index (χ0n) is 10.4. The number of H-pyrrole nitrogens is 1. The number of carboxylic acid groups (broad SMARTS) is 1. The molecule has 0 saturated heterocycles. The lowest BCUT2D eigenvalue weighted by Gasteiger charge is -2.04. The van der Waals surface area contributed by atoms with Crippen LogP contribution in [0, 0.1) is 0 Å². The number of nitrogens with zero attached hydrogens (tertiary/aromatic N) is 1. The van der Waals surface area contributed by atoms with Crippen molar-refractivity contribution in [1.82, 2.24) is 9.55 Å². The summed E-state index contributed by atoms with van der Waals surface area (Å²) in [6, 6.07) is 8.38. The number of hydrogen-bond acceptors (Lipinski definition) is 3. The summed E-state index contributed by atoms with van der Waals surface area (Å²) < 4.78 is 1.38. The van der Waals surface area contributed by atoms with Crippen LogP contribution in [-0.4, -0.2) is 20.6 Å². The zero-order valence-corrected chi connectivity index (χ0v) is 10.4. The molecular formula is C14H12N2O4. The fourth-order valence-corrected chi connectivity index (χ4v) is 1.67. The molecule has 2 rings (SSSR count). The molecule has 0 fully saturated rings. The highest BCUT2D eigenvalue weighted by Gasteiger charge is 1.98. The van der Waals surface area contributed by atoms with Crippen molar-refractivity contribution in [3.05, 3.63) is 74.6 Å². The van der Waals surface area contributed by atoms with E-state index in [1.54, 1.807) is 24.3 Å². The van der Waals surface area contributed by atoms with Gasteiger partial charge in [0.05, 0.1) is 6.54 Å². The molecule has 2 N–H and O–H groups in total. The van der Waals surface area contributed by atoms with Crippen LogP contribution in [0.15, 0.2) is 52.2 Å². The fourth-order valence-electron chi connectivity index (χ4n) is 1.67. The van der Waals surface area contributed by atoms with Crippen LogP contribution in [0.25, 0.3) is 6.08 Å². The second-order valence-electron chi connectivity index (χ2n) is 4.15. The van der Waals surface area contributed by atoms with Crippen molar-refractivity contribution in [3.8, 4) is 0 Å². The molecule has 6 nitrogen and oxygen atoms in total. The van der Waals surface area contributed by atoms with Gasteiger partial charge in [-0.1, -0.05) is 24.3 Å². The van der Waals surface area contributed by atoms with E-state index in [1.807, 2.05) is 0 Å². The van der Waals surface area contributed by atoms with E-state index in [0.29, 0.717) is 6.54 Å². The van der Waals surface area contributed by atoms with Crippen molar-refractivity contribution in [1.29, 1.82) is 0 Å². The number of hydrogen-bond donors (Lipinski definition) is 2. The minimum atomic E-state index is -1.01. The minimum absolute atomic E-state index is 0.332. The Labute approximate surface area is 113 Å². The van der Waals surface area contributed by atoms with Gasteiger partial charge in [-0.05, 0) is 17.2 Å². The van der Waals surface area contributed by atoms with Gasteiger partial charge in [0, 0.05) is 18.3 Å². The molecule has 102 valence electrons. The Hall–Kier alpha value is -2.89. The van der Waals surface area contributed by atoms with Crippen LogP contribution < -0.4 is 11.2 Å². The first-order valence-corrected chi connectivity index (χ1v) is 5.84. The lowest BCUT2D eigenvalue weighted by atomic mass is 10.1. The summed E-state index contributed by atoms with van der Waals surface area (Å²) >= 11 is 0. The van der Waals surface area contributed by atoms with Crippen molar-refractivity contribution in [2.75, 3.05) is 0 Å².